The fourth-order valence-electron chi connectivity index (χ4n) is 1.61. The van der Waals surface area contributed by atoms with E-state index in [0.29, 0.717) is 6.54 Å². The largest absolute Gasteiger partial charge is 0.463 e. The molecule has 17 heavy (non-hydrogen) atoms. The van der Waals surface area contributed by atoms with Crippen molar-refractivity contribution < 1.29 is 14.7 Å². The molecule has 1 aromatic heterocycles. The van der Waals surface area contributed by atoms with E-state index in [4.69, 9.17) is 4.42 Å². The monoisotopic (exact) mass is 233 g/mol. The Balaban J connectivity index is 1.90. The van der Waals surface area contributed by atoms with Gasteiger partial charge in [-0.3, -0.25) is 10.1 Å². The van der Waals surface area contributed by atoms with Crippen LogP contribution in [-0.4, -0.2) is 4.92 Å². The Kier molecular flexibility index (Phi) is 3.52. The molecule has 0 bridgehead atoms. The van der Waals surface area contributed by atoms with Crippen LogP contribution < -0.4 is 5.32 Å². The van der Waals surface area contributed by atoms with E-state index < -0.39 is 0 Å². The van der Waals surface area contributed by atoms with Gasteiger partial charge in [0.2, 0.25) is 0 Å². The zero-order valence-corrected chi connectivity index (χ0v) is 9.20. The molecule has 2 rings (SSSR count). The molecule has 2 aromatic rings. The van der Waals surface area contributed by atoms with E-state index in [0.717, 1.165) is 17.9 Å². The van der Waals surface area contributed by atoms with Gasteiger partial charge in [-0.1, -0.05) is 12.1 Å². The SMILES string of the molecule is O=[N+]([O-])c1cccc(C[NH2+]Cc2ccco2)c1. The van der Waals surface area contributed by atoms with Gasteiger partial charge in [0.15, 0.2) is 5.76 Å². The summed E-state index contributed by atoms with van der Waals surface area (Å²) < 4.78 is 5.19. The average Bonchev–Trinajstić information content (AvgIpc) is 2.82. The minimum absolute atomic E-state index is 0.133. The molecule has 0 amide bonds. The van der Waals surface area contributed by atoms with Crippen molar-refractivity contribution in [3.8, 4) is 0 Å². The Labute approximate surface area is 98.2 Å². The first-order chi connectivity index (χ1) is 8.25. The highest BCUT2D eigenvalue weighted by atomic mass is 16.6. The second-order valence-electron chi connectivity index (χ2n) is 3.70. The van der Waals surface area contributed by atoms with Gasteiger partial charge in [0.05, 0.1) is 11.2 Å². The molecule has 0 saturated heterocycles. The minimum atomic E-state index is -0.379. The lowest BCUT2D eigenvalue weighted by Gasteiger charge is -2.00. The number of nitrogens with two attached hydrogens (primary N) is 1. The Morgan fingerprint density at radius 2 is 2.12 bits per heavy atom. The molecule has 5 nitrogen and oxygen atoms in total. The zero-order valence-electron chi connectivity index (χ0n) is 9.20. The van der Waals surface area contributed by atoms with Crippen molar-refractivity contribution in [2.24, 2.45) is 0 Å². The van der Waals surface area contributed by atoms with E-state index in [9.17, 15) is 10.1 Å². The van der Waals surface area contributed by atoms with Gasteiger partial charge in [-0.25, -0.2) is 0 Å². The van der Waals surface area contributed by atoms with E-state index in [1.807, 2.05) is 23.5 Å². The first-order valence-electron chi connectivity index (χ1n) is 5.33. The highest BCUT2D eigenvalue weighted by molar-refractivity contribution is 5.33. The molecule has 0 aliphatic carbocycles. The molecular weight excluding hydrogens is 220 g/mol. The number of benzene rings is 1. The van der Waals surface area contributed by atoms with Crippen LogP contribution in [0.25, 0.3) is 0 Å². The maximum Gasteiger partial charge on any atom is 0.269 e. The number of furan rings is 1. The van der Waals surface area contributed by atoms with Crippen LogP contribution in [-0.2, 0) is 13.1 Å². The third-order valence-corrected chi connectivity index (χ3v) is 2.43. The first kappa shape index (κ1) is 11.3. The number of nitro groups is 1. The van der Waals surface area contributed by atoms with Crippen LogP contribution in [0.3, 0.4) is 0 Å². The van der Waals surface area contributed by atoms with E-state index in [-0.39, 0.29) is 10.6 Å². The summed E-state index contributed by atoms with van der Waals surface area (Å²) in [5.74, 6) is 0.899. The number of nitrogens with zero attached hydrogens (tertiary/aromatic N) is 1. The van der Waals surface area contributed by atoms with Crippen LogP contribution in [0.2, 0.25) is 0 Å². The van der Waals surface area contributed by atoms with Gasteiger partial charge >= 0.3 is 0 Å². The van der Waals surface area contributed by atoms with Crippen molar-refractivity contribution >= 4 is 5.69 Å². The van der Waals surface area contributed by atoms with Crippen molar-refractivity contribution in [3.05, 3.63) is 64.1 Å². The topological polar surface area (TPSA) is 72.9 Å². The molecule has 2 N–H and O–H groups in total. The molecule has 5 heteroatoms. The molecule has 1 heterocycles. The fraction of sp³-hybridized carbons (Fsp3) is 0.167. The van der Waals surface area contributed by atoms with Crippen LogP contribution in [0, 0.1) is 10.1 Å². The predicted octanol–water partition coefficient (Wildman–Crippen LogP) is 1.45. The number of non-ortho nitro benzene ring substituents is 1. The van der Waals surface area contributed by atoms with E-state index >= 15 is 0 Å². The first-order valence-corrected chi connectivity index (χ1v) is 5.33. The summed E-state index contributed by atoms with van der Waals surface area (Å²) in [6.07, 6.45) is 1.64. The maximum atomic E-state index is 10.6. The quantitative estimate of drug-likeness (QED) is 0.627. The molecule has 1 aromatic carbocycles. The summed E-state index contributed by atoms with van der Waals surface area (Å²) in [6, 6.07) is 10.4. The van der Waals surface area contributed by atoms with Crippen molar-refractivity contribution in [1.29, 1.82) is 0 Å². The summed E-state index contributed by atoms with van der Waals surface area (Å²) in [7, 11) is 0. The maximum absolute atomic E-state index is 10.6. The van der Waals surface area contributed by atoms with Crippen LogP contribution >= 0.6 is 0 Å². The van der Waals surface area contributed by atoms with Crippen LogP contribution in [0.15, 0.2) is 47.1 Å². The summed E-state index contributed by atoms with van der Waals surface area (Å²) in [5, 5.41) is 12.6. The molecule has 0 radical (unpaired) electrons. The van der Waals surface area contributed by atoms with Gasteiger partial charge in [-0.2, -0.15) is 0 Å². The van der Waals surface area contributed by atoms with Gasteiger partial charge in [0.1, 0.15) is 13.1 Å². The van der Waals surface area contributed by atoms with E-state index in [1.165, 1.54) is 6.07 Å². The lowest BCUT2D eigenvalue weighted by atomic mass is 10.2. The molecule has 88 valence electrons. The molecule has 0 unspecified atom stereocenters. The van der Waals surface area contributed by atoms with Gasteiger partial charge in [0.25, 0.3) is 5.69 Å². The van der Waals surface area contributed by atoms with Crippen molar-refractivity contribution in [2.75, 3.05) is 0 Å². The lowest BCUT2D eigenvalue weighted by molar-refractivity contribution is -0.688. The molecule has 0 aliphatic rings. The normalized spacial score (nSPS) is 10.4. The number of quaternary nitrogens is 1. The molecule has 0 spiro atoms. The number of hydrogen-bond donors (Lipinski definition) is 1. The van der Waals surface area contributed by atoms with Crippen LogP contribution in [0.4, 0.5) is 5.69 Å². The predicted molar refractivity (Wildman–Crippen MR) is 61.1 cm³/mol. The lowest BCUT2D eigenvalue weighted by Crippen LogP contribution is -2.80. The van der Waals surface area contributed by atoms with Crippen LogP contribution in [0.5, 0.6) is 0 Å². The third-order valence-electron chi connectivity index (χ3n) is 2.43. The van der Waals surface area contributed by atoms with Gasteiger partial charge in [-0.15, -0.1) is 0 Å². The minimum Gasteiger partial charge on any atom is -0.463 e. The summed E-state index contributed by atoms with van der Waals surface area (Å²) in [4.78, 5) is 10.2. The van der Waals surface area contributed by atoms with Gasteiger partial charge in [-0.05, 0) is 12.1 Å². The third kappa shape index (κ3) is 3.15. The number of rotatable bonds is 5. The van der Waals surface area contributed by atoms with E-state index in [2.05, 4.69) is 0 Å². The Morgan fingerprint density at radius 1 is 1.24 bits per heavy atom. The highest BCUT2D eigenvalue weighted by Gasteiger charge is 2.06. The Bertz CT molecular complexity index is 494. The molecule has 0 aliphatic heterocycles. The van der Waals surface area contributed by atoms with Gasteiger partial charge in [0, 0.05) is 17.7 Å². The summed E-state index contributed by atoms with van der Waals surface area (Å²) in [6.45, 7) is 1.43. The zero-order chi connectivity index (χ0) is 12.1. The van der Waals surface area contributed by atoms with Gasteiger partial charge < -0.3 is 9.73 Å². The smallest absolute Gasteiger partial charge is 0.269 e. The molecular formula is C12H13N2O3+. The molecule has 0 atom stereocenters. The summed E-state index contributed by atoms with van der Waals surface area (Å²) >= 11 is 0. The standard InChI is InChI=1S/C12H12N2O3/c15-14(16)11-4-1-3-10(7-11)8-13-9-12-5-2-6-17-12/h1-7,13H,8-9H2/p+1. The number of nitro benzene ring substituents is 1. The highest BCUT2D eigenvalue weighted by Crippen LogP contribution is 2.11. The van der Waals surface area contributed by atoms with Crippen molar-refractivity contribution in [2.45, 2.75) is 13.1 Å². The second kappa shape index (κ2) is 5.27. The molecule has 0 fully saturated rings. The van der Waals surface area contributed by atoms with Crippen molar-refractivity contribution in [3.63, 3.8) is 0 Å². The van der Waals surface area contributed by atoms with Crippen LogP contribution in [0.1, 0.15) is 11.3 Å². The molecule has 0 saturated carbocycles. The van der Waals surface area contributed by atoms with E-state index in [1.54, 1.807) is 18.4 Å². The Hall–Kier alpha value is -2.14. The second-order valence-corrected chi connectivity index (χ2v) is 3.70. The fourth-order valence-corrected chi connectivity index (χ4v) is 1.61. The summed E-state index contributed by atoms with van der Waals surface area (Å²) in [5.41, 5.74) is 1.07. The Morgan fingerprint density at radius 3 is 2.82 bits per heavy atom. The average molecular weight is 233 g/mol. The van der Waals surface area contributed by atoms with Crippen molar-refractivity contribution in [1.82, 2.24) is 0 Å². The number of hydrogen-bond acceptors (Lipinski definition) is 3.